The van der Waals surface area contributed by atoms with E-state index in [0.29, 0.717) is 5.57 Å². The number of thiol groups is 1. The van der Waals surface area contributed by atoms with Crippen molar-refractivity contribution in [3.63, 3.8) is 0 Å². The molecule has 0 saturated heterocycles. The SMILES string of the molecule is O=S(=O)(O)c1cc(S(=O)(=O)NCCS)ccc1C1=c2cc3c4c(c2Oc2c1cc1c5c2CCCN5CCC1)CCC[N+]=4CCC3. The molecule has 0 atom stereocenters. The zero-order valence-electron chi connectivity index (χ0n) is 24.9. The van der Waals surface area contributed by atoms with Gasteiger partial charge in [-0.05, 0) is 68.4 Å². The van der Waals surface area contributed by atoms with Gasteiger partial charge in [-0.2, -0.15) is 21.0 Å². The fourth-order valence-electron chi connectivity index (χ4n) is 8.16. The van der Waals surface area contributed by atoms with Crippen LogP contribution in [0.15, 0.2) is 40.1 Å². The molecule has 45 heavy (non-hydrogen) atoms. The van der Waals surface area contributed by atoms with Crippen molar-refractivity contribution < 1.29 is 26.1 Å². The van der Waals surface area contributed by atoms with Crippen LogP contribution in [0.5, 0.6) is 11.5 Å². The van der Waals surface area contributed by atoms with E-state index in [2.05, 4.69) is 39.0 Å². The highest BCUT2D eigenvalue weighted by Crippen LogP contribution is 2.49. The molecule has 0 aromatic heterocycles. The van der Waals surface area contributed by atoms with Crippen molar-refractivity contribution >= 4 is 44.0 Å². The van der Waals surface area contributed by atoms with Crippen LogP contribution in [-0.2, 0) is 45.8 Å². The number of rotatable bonds is 6. The van der Waals surface area contributed by atoms with Gasteiger partial charge in [0.05, 0.1) is 10.5 Å². The summed E-state index contributed by atoms with van der Waals surface area (Å²) in [5.41, 5.74) is 7.70. The van der Waals surface area contributed by atoms with Crippen LogP contribution in [0, 0.1) is 0 Å². The molecule has 5 aliphatic rings. The van der Waals surface area contributed by atoms with Crippen molar-refractivity contribution in [2.75, 3.05) is 43.4 Å². The molecule has 0 fully saturated rings. The molecule has 8 rings (SSSR count). The first kappa shape index (κ1) is 29.5. The summed E-state index contributed by atoms with van der Waals surface area (Å²) in [6.07, 6.45) is 7.61. The first-order valence-electron chi connectivity index (χ1n) is 15.8. The predicted molar refractivity (Wildman–Crippen MR) is 176 cm³/mol. The van der Waals surface area contributed by atoms with Crippen LogP contribution in [0.2, 0.25) is 0 Å². The lowest BCUT2D eigenvalue weighted by molar-refractivity contribution is 0.431. The maximum atomic E-state index is 13.1. The third-order valence-corrected chi connectivity index (χ3v) is 12.5. The van der Waals surface area contributed by atoms with Crippen LogP contribution in [0.25, 0.3) is 5.57 Å². The number of hydrogen-bond donors (Lipinski definition) is 3. The minimum Gasteiger partial charge on any atom is -0.455 e. The number of anilines is 1. The van der Waals surface area contributed by atoms with E-state index in [1.54, 1.807) is 0 Å². The molecule has 0 saturated carbocycles. The Morgan fingerprint density at radius 2 is 1.60 bits per heavy atom. The highest BCUT2D eigenvalue weighted by molar-refractivity contribution is 7.89. The second kappa shape index (κ2) is 10.8. The van der Waals surface area contributed by atoms with Gasteiger partial charge in [0.25, 0.3) is 10.1 Å². The van der Waals surface area contributed by atoms with Crippen molar-refractivity contribution in [3.8, 4) is 11.5 Å². The fraction of sp³-hybridized carbons (Fsp3) is 0.424. The summed E-state index contributed by atoms with van der Waals surface area (Å²) < 4.78 is 74.9. The lowest BCUT2D eigenvalue weighted by Crippen LogP contribution is -2.45. The van der Waals surface area contributed by atoms with E-state index in [1.165, 1.54) is 34.3 Å². The Kier molecular flexibility index (Phi) is 7.10. The summed E-state index contributed by atoms with van der Waals surface area (Å²) in [6, 6.07) is 8.31. The molecule has 0 spiro atoms. The summed E-state index contributed by atoms with van der Waals surface area (Å²) in [7, 11) is -8.87. The lowest BCUT2D eigenvalue weighted by Gasteiger charge is -2.39. The molecule has 5 aliphatic heterocycles. The first-order chi connectivity index (χ1) is 21.7. The van der Waals surface area contributed by atoms with Gasteiger partial charge in [-0.25, -0.2) is 17.7 Å². The van der Waals surface area contributed by atoms with Gasteiger partial charge >= 0.3 is 0 Å². The number of benzene rings is 3. The van der Waals surface area contributed by atoms with Crippen LogP contribution in [0.4, 0.5) is 5.69 Å². The lowest BCUT2D eigenvalue weighted by atomic mass is 9.82. The molecule has 3 aromatic carbocycles. The molecule has 5 heterocycles. The van der Waals surface area contributed by atoms with Gasteiger partial charge in [0.1, 0.15) is 29.5 Å². The van der Waals surface area contributed by atoms with Crippen LogP contribution in [-0.4, -0.2) is 59.9 Å². The van der Waals surface area contributed by atoms with Crippen LogP contribution in [0.3, 0.4) is 0 Å². The summed E-state index contributed by atoms with van der Waals surface area (Å²) in [5.74, 6) is 1.78. The molecule has 0 unspecified atom stereocenters. The molecule has 0 aliphatic carbocycles. The largest absolute Gasteiger partial charge is 0.455 e. The number of nitrogens with zero attached hydrogens (tertiary/aromatic N) is 2. The van der Waals surface area contributed by atoms with Gasteiger partial charge < -0.3 is 9.64 Å². The zero-order valence-corrected chi connectivity index (χ0v) is 27.5. The minimum atomic E-state index is -4.84. The Morgan fingerprint density at radius 3 is 2.38 bits per heavy atom. The molecule has 12 heteroatoms. The molecule has 236 valence electrons. The normalized spacial score (nSPS) is 18.5. The first-order valence-corrected chi connectivity index (χ1v) is 19.4. The van der Waals surface area contributed by atoms with Crippen molar-refractivity contribution in [3.05, 3.63) is 74.3 Å². The maximum Gasteiger partial charge on any atom is 0.295 e. The quantitative estimate of drug-likeness (QED) is 0.165. The van der Waals surface area contributed by atoms with Crippen molar-refractivity contribution in [1.82, 2.24) is 9.30 Å². The smallest absolute Gasteiger partial charge is 0.295 e. The number of fused-ring (bicyclic) bond motifs is 4. The number of aryl methyl sites for hydroxylation is 2. The standard InChI is InChI=1S/C33H35N3O6S3/c37-44(38,34-11-16-43)22-9-10-23(28(19-22)45(39,40)41)29-26-17-20-5-1-12-35-14-3-7-24(30(20)35)32(26)42-33-25-8-4-15-36-13-2-6-21(31(25)36)18-27(29)33/h9-10,17-19,34H,1-8,11-16H2,(H-,39,40,41,43)/p+1. The van der Waals surface area contributed by atoms with Crippen LogP contribution < -0.4 is 29.5 Å². The van der Waals surface area contributed by atoms with Gasteiger partial charge in [-0.3, -0.25) is 4.55 Å². The molecule has 0 radical (unpaired) electrons. The van der Waals surface area contributed by atoms with E-state index in [-0.39, 0.29) is 22.8 Å². The van der Waals surface area contributed by atoms with Crippen molar-refractivity contribution in [1.29, 1.82) is 0 Å². The van der Waals surface area contributed by atoms with Crippen molar-refractivity contribution in [2.45, 2.75) is 61.2 Å². The number of sulfonamides is 1. The van der Waals surface area contributed by atoms with Crippen LogP contribution >= 0.6 is 12.6 Å². The molecule has 2 N–H and O–H groups in total. The highest BCUT2D eigenvalue weighted by Gasteiger charge is 2.37. The van der Waals surface area contributed by atoms with Crippen LogP contribution in [0.1, 0.15) is 59.1 Å². The second-order valence-electron chi connectivity index (χ2n) is 12.6. The zero-order chi connectivity index (χ0) is 31.1. The Hall–Kier alpha value is -2.90. The Labute approximate surface area is 268 Å². The van der Waals surface area contributed by atoms with Crippen molar-refractivity contribution in [2.24, 2.45) is 0 Å². The average Bonchev–Trinajstić information content (AvgIpc) is 3.03. The Morgan fingerprint density at radius 1 is 0.867 bits per heavy atom. The van der Waals surface area contributed by atoms with E-state index >= 15 is 0 Å². The summed E-state index contributed by atoms with van der Waals surface area (Å²) in [6.45, 7) is 4.10. The molecule has 0 bridgehead atoms. The fourth-order valence-corrected chi connectivity index (χ4v) is 10.3. The number of hydrogen-bond acceptors (Lipinski definition) is 7. The second-order valence-corrected chi connectivity index (χ2v) is 16.2. The van der Waals surface area contributed by atoms with E-state index in [4.69, 9.17) is 4.74 Å². The van der Waals surface area contributed by atoms with Gasteiger partial charge in [0, 0.05) is 77.0 Å². The topological polar surface area (TPSA) is 116 Å². The molecule has 9 nitrogen and oxygen atoms in total. The summed E-state index contributed by atoms with van der Waals surface area (Å²) >= 11 is 4.09. The molecular weight excluding hydrogens is 631 g/mol. The van der Waals surface area contributed by atoms with E-state index < -0.39 is 25.0 Å². The van der Waals surface area contributed by atoms with E-state index in [0.717, 1.165) is 117 Å². The van der Waals surface area contributed by atoms with Gasteiger partial charge in [0.15, 0.2) is 0 Å². The van der Waals surface area contributed by atoms with Gasteiger partial charge in [-0.1, -0.05) is 6.07 Å². The Balaban J connectivity index is 1.49. The van der Waals surface area contributed by atoms with Gasteiger partial charge in [0.2, 0.25) is 15.4 Å². The van der Waals surface area contributed by atoms with E-state index in [1.807, 2.05) is 0 Å². The molecule has 0 amide bonds. The Bertz CT molecular complexity index is 2140. The monoisotopic (exact) mass is 666 g/mol. The maximum absolute atomic E-state index is 13.1. The third kappa shape index (κ3) is 4.74. The van der Waals surface area contributed by atoms with Gasteiger partial charge in [-0.15, -0.1) is 0 Å². The highest BCUT2D eigenvalue weighted by atomic mass is 32.2. The predicted octanol–water partition coefficient (Wildman–Crippen LogP) is 2.58. The summed E-state index contributed by atoms with van der Waals surface area (Å²) in [5, 5.41) is 2.04. The number of ether oxygens (including phenoxy) is 1. The molecule has 3 aromatic rings. The average molecular weight is 667 g/mol. The van der Waals surface area contributed by atoms with E-state index in [9.17, 15) is 21.4 Å². The molecular formula is C33H36N3O6S3+. The minimum absolute atomic E-state index is 0.0830. The number of nitrogens with one attached hydrogen (secondary N) is 1. The third-order valence-electron chi connectivity index (χ3n) is 9.90. The summed E-state index contributed by atoms with van der Waals surface area (Å²) in [4.78, 5) is 1.78.